The van der Waals surface area contributed by atoms with E-state index in [0.717, 1.165) is 23.6 Å². The smallest absolute Gasteiger partial charge is 0.180 e. The molecule has 0 aliphatic heterocycles. The summed E-state index contributed by atoms with van der Waals surface area (Å²) < 4.78 is 25.4. The maximum Gasteiger partial charge on any atom is 0.180 e. The van der Waals surface area contributed by atoms with Gasteiger partial charge in [0.15, 0.2) is 11.5 Å². The molecule has 30 heavy (non-hydrogen) atoms. The number of nitrogens with one attached hydrogen (secondary N) is 1. The van der Waals surface area contributed by atoms with Gasteiger partial charge in [0.1, 0.15) is 12.4 Å². The standard InChI is InChI=1S/C24H24Cl2FNO2/c1-2-29-23-14-18(15-28-12-11-17-7-9-20(25)10-8-17)13-21(26)24(23)30-16-19-5-3-4-6-22(19)27/h3-10,13-14,28H,2,11-12,15-16H2,1H3. The third kappa shape index (κ3) is 6.36. The summed E-state index contributed by atoms with van der Waals surface area (Å²) in [6.07, 6.45) is 0.896. The molecule has 0 heterocycles. The lowest BCUT2D eigenvalue weighted by molar-refractivity contribution is 0.266. The van der Waals surface area contributed by atoms with E-state index >= 15 is 0 Å². The van der Waals surface area contributed by atoms with Crippen LogP contribution >= 0.6 is 23.2 Å². The molecule has 0 aliphatic carbocycles. The monoisotopic (exact) mass is 447 g/mol. The van der Waals surface area contributed by atoms with Crippen LogP contribution in [0.3, 0.4) is 0 Å². The molecule has 0 saturated heterocycles. The minimum absolute atomic E-state index is 0.0746. The summed E-state index contributed by atoms with van der Waals surface area (Å²) in [5.41, 5.74) is 2.67. The molecule has 0 aromatic heterocycles. The van der Waals surface area contributed by atoms with Crippen LogP contribution in [-0.2, 0) is 19.6 Å². The predicted octanol–water partition coefficient (Wildman–Crippen LogP) is 6.44. The van der Waals surface area contributed by atoms with Crippen molar-refractivity contribution in [2.24, 2.45) is 0 Å². The Kier molecular flexibility index (Phi) is 8.38. The van der Waals surface area contributed by atoms with Gasteiger partial charge in [-0.05, 0) is 61.3 Å². The van der Waals surface area contributed by atoms with Crippen LogP contribution in [0.5, 0.6) is 11.5 Å². The van der Waals surface area contributed by atoms with Crippen molar-refractivity contribution in [1.82, 2.24) is 5.32 Å². The summed E-state index contributed by atoms with van der Waals surface area (Å²) in [5, 5.41) is 4.58. The highest BCUT2D eigenvalue weighted by atomic mass is 35.5. The number of hydrogen-bond donors (Lipinski definition) is 1. The molecular weight excluding hydrogens is 424 g/mol. The lowest BCUT2D eigenvalue weighted by atomic mass is 10.1. The van der Waals surface area contributed by atoms with Crippen molar-refractivity contribution in [1.29, 1.82) is 0 Å². The topological polar surface area (TPSA) is 30.5 Å². The average Bonchev–Trinajstić information content (AvgIpc) is 2.73. The summed E-state index contributed by atoms with van der Waals surface area (Å²) in [4.78, 5) is 0. The number of hydrogen-bond acceptors (Lipinski definition) is 3. The Hall–Kier alpha value is -2.27. The first-order valence-electron chi connectivity index (χ1n) is 9.83. The fraction of sp³-hybridized carbons (Fsp3) is 0.250. The Labute approximate surface area is 186 Å². The van der Waals surface area contributed by atoms with Gasteiger partial charge in [0.25, 0.3) is 0 Å². The van der Waals surface area contributed by atoms with Gasteiger partial charge in [-0.2, -0.15) is 0 Å². The molecule has 0 aliphatic rings. The third-order valence-electron chi connectivity index (χ3n) is 4.53. The SMILES string of the molecule is CCOc1cc(CNCCc2ccc(Cl)cc2)cc(Cl)c1OCc1ccccc1F. The molecular formula is C24H24Cl2FNO2. The van der Waals surface area contributed by atoms with Crippen LogP contribution in [0.1, 0.15) is 23.6 Å². The molecule has 0 atom stereocenters. The first-order chi connectivity index (χ1) is 14.6. The number of ether oxygens (including phenoxy) is 2. The second-order valence-electron chi connectivity index (χ2n) is 6.77. The number of benzene rings is 3. The minimum Gasteiger partial charge on any atom is -0.490 e. The summed E-state index contributed by atoms with van der Waals surface area (Å²) >= 11 is 12.4. The summed E-state index contributed by atoms with van der Waals surface area (Å²) in [6, 6.07) is 18.1. The van der Waals surface area contributed by atoms with Crippen LogP contribution in [-0.4, -0.2) is 13.2 Å². The van der Waals surface area contributed by atoms with E-state index in [0.29, 0.717) is 35.2 Å². The summed E-state index contributed by atoms with van der Waals surface area (Å²) in [5.74, 6) is 0.663. The largest absolute Gasteiger partial charge is 0.490 e. The number of rotatable bonds is 10. The lowest BCUT2D eigenvalue weighted by Gasteiger charge is -2.16. The molecule has 0 bridgehead atoms. The molecule has 0 unspecified atom stereocenters. The maximum atomic E-state index is 13.9. The normalized spacial score (nSPS) is 10.8. The maximum absolute atomic E-state index is 13.9. The van der Waals surface area contributed by atoms with Gasteiger partial charge in [-0.1, -0.05) is 53.5 Å². The van der Waals surface area contributed by atoms with Gasteiger partial charge in [0.05, 0.1) is 11.6 Å². The Morgan fingerprint density at radius 1 is 0.933 bits per heavy atom. The minimum atomic E-state index is -0.312. The molecule has 0 saturated carbocycles. The van der Waals surface area contributed by atoms with Gasteiger partial charge >= 0.3 is 0 Å². The quantitative estimate of drug-likeness (QED) is 0.362. The molecule has 0 fully saturated rings. The van der Waals surface area contributed by atoms with E-state index in [9.17, 15) is 4.39 Å². The molecule has 3 rings (SSSR count). The first kappa shape index (κ1) is 22.4. The van der Waals surface area contributed by atoms with Crippen molar-refractivity contribution in [3.63, 3.8) is 0 Å². The van der Waals surface area contributed by atoms with Crippen molar-refractivity contribution < 1.29 is 13.9 Å². The second kappa shape index (κ2) is 11.2. The van der Waals surface area contributed by atoms with E-state index in [1.54, 1.807) is 18.2 Å². The molecule has 0 amide bonds. The first-order valence-corrected chi connectivity index (χ1v) is 10.6. The molecule has 1 N–H and O–H groups in total. The third-order valence-corrected chi connectivity index (χ3v) is 5.06. The van der Waals surface area contributed by atoms with Gasteiger partial charge in [-0.3, -0.25) is 0 Å². The van der Waals surface area contributed by atoms with Crippen LogP contribution in [0.15, 0.2) is 60.7 Å². The molecule has 0 spiro atoms. The Balaban J connectivity index is 1.61. The zero-order chi connectivity index (χ0) is 21.3. The fourth-order valence-electron chi connectivity index (χ4n) is 3.01. The molecule has 158 valence electrons. The van der Waals surface area contributed by atoms with Crippen molar-refractivity contribution in [3.05, 3.63) is 93.2 Å². The van der Waals surface area contributed by atoms with E-state index in [1.807, 2.05) is 43.3 Å². The zero-order valence-electron chi connectivity index (χ0n) is 16.8. The predicted molar refractivity (Wildman–Crippen MR) is 120 cm³/mol. The molecule has 3 aromatic carbocycles. The van der Waals surface area contributed by atoms with Crippen LogP contribution in [0.25, 0.3) is 0 Å². The van der Waals surface area contributed by atoms with Gasteiger partial charge in [-0.15, -0.1) is 0 Å². The molecule has 3 nitrogen and oxygen atoms in total. The second-order valence-corrected chi connectivity index (χ2v) is 7.61. The van der Waals surface area contributed by atoms with Gasteiger partial charge < -0.3 is 14.8 Å². The highest BCUT2D eigenvalue weighted by Gasteiger charge is 2.14. The van der Waals surface area contributed by atoms with E-state index in [4.69, 9.17) is 32.7 Å². The fourth-order valence-corrected chi connectivity index (χ4v) is 3.42. The van der Waals surface area contributed by atoms with Crippen LogP contribution in [0.2, 0.25) is 10.0 Å². The van der Waals surface area contributed by atoms with E-state index in [-0.39, 0.29) is 12.4 Å². The van der Waals surface area contributed by atoms with Crippen molar-refractivity contribution >= 4 is 23.2 Å². The summed E-state index contributed by atoms with van der Waals surface area (Å²) in [6.45, 7) is 3.90. The highest BCUT2D eigenvalue weighted by molar-refractivity contribution is 6.32. The van der Waals surface area contributed by atoms with Crippen molar-refractivity contribution in [2.45, 2.75) is 26.5 Å². The van der Waals surface area contributed by atoms with Crippen LogP contribution < -0.4 is 14.8 Å². The van der Waals surface area contributed by atoms with Gasteiger partial charge in [-0.25, -0.2) is 4.39 Å². The van der Waals surface area contributed by atoms with Crippen molar-refractivity contribution in [2.75, 3.05) is 13.2 Å². The summed E-state index contributed by atoms with van der Waals surface area (Å²) in [7, 11) is 0. The molecule has 6 heteroatoms. The molecule has 0 radical (unpaired) electrons. The van der Waals surface area contributed by atoms with Crippen LogP contribution in [0.4, 0.5) is 4.39 Å². The zero-order valence-corrected chi connectivity index (χ0v) is 18.3. The number of halogens is 3. The average molecular weight is 448 g/mol. The molecule has 3 aromatic rings. The lowest BCUT2D eigenvalue weighted by Crippen LogP contribution is -2.16. The highest BCUT2D eigenvalue weighted by Crippen LogP contribution is 2.37. The van der Waals surface area contributed by atoms with E-state index < -0.39 is 0 Å². The van der Waals surface area contributed by atoms with Crippen molar-refractivity contribution in [3.8, 4) is 11.5 Å². The Bertz CT molecular complexity index is 964. The van der Waals surface area contributed by atoms with E-state index in [1.165, 1.54) is 11.6 Å². The Morgan fingerprint density at radius 3 is 2.43 bits per heavy atom. The van der Waals surface area contributed by atoms with Gasteiger partial charge in [0.2, 0.25) is 0 Å². The Morgan fingerprint density at radius 2 is 1.70 bits per heavy atom. The van der Waals surface area contributed by atoms with E-state index in [2.05, 4.69) is 5.32 Å². The van der Waals surface area contributed by atoms with Crippen LogP contribution in [0, 0.1) is 5.82 Å². The van der Waals surface area contributed by atoms with Gasteiger partial charge in [0, 0.05) is 17.1 Å².